The van der Waals surface area contributed by atoms with Gasteiger partial charge in [0.1, 0.15) is 0 Å². The molecule has 1 aromatic heterocycles. The summed E-state index contributed by atoms with van der Waals surface area (Å²) in [7, 11) is 0. The van der Waals surface area contributed by atoms with Crippen LogP contribution in [0.3, 0.4) is 0 Å². The Morgan fingerprint density at radius 3 is 2.57 bits per heavy atom. The van der Waals surface area contributed by atoms with E-state index in [1.807, 2.05) is 37.3 Å². The van der Waals surface area contributed by atoms with Crippen LogP contribution in [0.2, 0.25) is 0 Å². The van der Waals surface area contributed by atoms with Crippen LogP contribution in [0, 0.1) is 12.9 Å². The highest BCUT2D eigenvalue weighted by Gasteiger charge is 2.02. The molecular weight excluding hydrogens is 179 g/mol. The van der Waals surface area contributed by atoms with Gasteiger partial charge >= 0.3 is 0 Å². The van der Waals surface area contributed by atoms with Gasteiger partial charge in [0.2, 0.25) is 5.95 Å². The van der Waals surface area contributed by atoms with E-state index in [1.165, 1.54) is 6.07 Å². The molecule has 2 aromatic rings. The Balaban J connectivity index is 2.23. The molecule has 1 heterocycles. The maximum absolute atomic E-state index is 12.8. The fourth-order valence-electron chi connectivity index (χ4n) is 1.39. The minimum absolute atomic E-state index is 0.418. The molecule has 2 nitrogen and oxygen atoms in total. The summed E-state index contributed by atoms with van der Waals surface area (Å²) < 4.78 is 14.4. The fraction of sp³-hybridized carbons (Fsp3) is 0.182. The van der Waals surface area contributed by atoms with Gasteiger partial charge in [0, 0.05) is 11.8 Å². The number of halogens is 1. The van der Waals surface area contributed by atoms with Gasteiger partial charge < -0.3 is 0 Å². The number of hydrogen-bond acceptors (Lipinski definition) is 1. The van der Waals surface area contributed by atoms with Gasteiger partial charge in [-0.2, -0.15) is 4.39 Å². The van der Waals surface area contributed by atoms with Gasteiger partial charge in [0.05, 0.1) is 6.54 Å². The SMILES string of the molecule is Cc1cc(F)nn1Cc1ccccc1. The summed E-state index contributed by atoms with van der Waals surface area (Å²) in [6, 6.07) is 11.3. The summed E-state index contributed by atoms with van der Waals surface area (Å²) in [6.07, 6.45) is 0. The van der Waals surface area contributed by atoms with Crippen molar-refractivity contribution in [3.05, 3.63) is 53.6 Å². The summed E-state index contributed by atoms with van der Waals surface area (Å²) in [4.78, 5) is 0. The zero-order valence-corrected chi connectivity index (χ0v) is 7.94. The van der Waals surface area contributed by atoms with Crippen molar-refractivity contribution in [1.29, 1.82) is 0 Å². The first kappa shape index (κ1) is 8.94. The molecule has 14 heavy (non-hydrogen) atoms. The predicted octanol–water partition coefficient (Wildman–Crippen LogP) is 2.38. The van der Waals surface area contributed by atoms with Crippen LogP contribution in [0.1, 0.15) is 11.3 Å². The molecule has 0 radical (unpaired) electrons. The lowest BCUT2D eigenvalue weighted by Crippen LogP contribution is -2.03. The maximum atomic E-state index is 12.8. The van der Waals surface area contributed by atoms with Gasteiger partial charge in [-0.25, -0.2) is 0 Å². The van der Waals surface area contributed by atoms with E-state index in [0.717, 1.165) is 11.3 Å². The minimum atomic E-state index is -0.418. The van der Waals surface area contributed by atoms with Crippen LogP contribution in [-0.2, 0) is 6.54 Å². The normalized spacial score (nSPS) is 10.4. The Labute approximate surface area is 82.0 Å². The molecule has 2 rings (SSSR count). The van der Waals surface area contributed by atoms with Crippen molar-refractivity contribution in [3.63, 3.8) is 0 Å². The Kier molecular flexibility index (Phi) is 2.31. The first-order valence-electron chi connectivity index (χ1n) is 4.49. The molecule has 0 saturated carbocycles. The molecule has 3 heteroatoms. The second kappa shape index (κ2) is 3.62. The Morgan fingerprint density at radius 1 is 1.29 bits per heavy atom. The lowest BCUT2D eigenvalue weighted by Gasteiger charge is -2.03. The van der Waals surface area contributed by atoms with E-state index in [2.05, 4.69) is 5.10 Å². The Bertz CT molecular complexity index is 420. The van der Waals surface area contributed by atoms with E-state index >= 15 is 0 Å². The average Bonchev–Trinajstić information content (AvgIpc) is 2.47. The molecule has 0 bridgehead atoms. The van der Waals surface area contributed by atoms with Crippen LogP contribution in [0.25, 0.3) is 0 Å². The maximum Gasteiger partial charge on any atom is 0.232 e. The fourth-order valence-corrected chi connectivity index (χ4v) is 1.39. The zero-order valence-electron chi connectivity index (χ0n) is 7.94. The third-order valence-corrected chi connectivity index (χ3v) is 2.13. The van der Waals surface area contributed by atoms with Gasteiger partial charge in [-0.1, -0.05) is 30.3 Å². The molecule has 0 fully saturated rings. The highest BCUT2D eigenvalue weighted by atomic mass is 19.1. The minimum Gasteiger partial charge on any atom is -0.262 e. The summed E-state index contributed by atoms with van der Waals surface area (Å²) in [5, 5.41) is 3.76. The molecule has 0 spiro atoms. The third kappa shape index (κ3) is 1.82. The van der Waals surface area contributed by atoms with Gasteiger partial charge in [-0.3, -0.25) is 4.68 Å². The van der Waals surface area contributed by atoms with Crippen LogP contribution in [-0.4, -0.2) is 9.78 Å². The van der Waals surface area contributed by atoms with Crippen LogP contribution in [0.15, 0.2) is 36.4 Å². The second-order valence-electron chi connectivity index (χ2n) is 3.25. The molecule has 0 aliphatic carbocycles. The van der Waals surface area contributed by atoms with Crippen LogP contribution < -0.4 is 0 Å². The number of aryl methyl sites for hydroxylation is 1. The molecule has 72 valence electrons. The summed E-state index contributed by atoms with van der Waals surface area (Å²) in [5.74, 6) is -0.418. The third-order valence-electron chi connectivity index (χ3n) is 2.13. The molecule has 0 aliphatic rings. The first-order chi connectivity index (χ1) is 6.75. The van der Waals surface area contributed by atoms with E-state index in [9.17, 15) is 4.39 Å². The van der Waals surface area contributed by atoms with Gasteiger partial charge in [-0.15, -0.1) is 5.10 Å². The number of benzene rings is 1. The first-order valence-corrected chi connectivity index (χ1v) is 4.49. The summed E-state index contributed by atoms with van der Waals surface area (Å²) in [6.45, 7) is 2.47. The van der Waals surface area contributed by atoms with Crippen LogP contribution in [0.5, 0.6) is 0 Å². The second-order valence-corrected chi connectivity index (χ2v) is 3.25. The molecule has 0 N–H and O–H groups in total. The van der Waals surface area contributed by atoms with Gasteiger partial charge in [-0.05, 0) is 12.5 Å². The monoisotopic (exact) mass is 190 g/mol. The van der Waals surface area contributed by atoms with Crippen molar-refractivity contribution in [2.75, 3.05) is 0 Å². The van der Waals surface area contributed by atoms with Crippen molar-refractivity contribution in [3.8, 4) is 0 Å². The van der Waals surface area contributed by atoms with E-state index in [-0.39, 0.29) is 0 Å². The van der Waals surface area contributed by atoms with Crippen molar-refractivity contribution >= 4 is 0 Å². The average molecular weight is 190 g/mol. The number of rotatable bonds is 2. The number of nitrogens with zero attached hydrogens (tertiary/aromatic N) is 2. The topological polar surface area (TPSA) is 17.8 Å². The molecular formula is C11H11FN2. The van der Waals surface area contributed by atoms with Crippen molar-refractivity contribution in [1.82, 2.24) is 9.78 Å². The lowest BCUT2D eigenvalue weighted by molar-refractivity contribution is 0.537. The highest BCUT2D eigenvalue weighted by molar-refractivity contribution is 5.15. The Morgan fingerprint density at radius 2 is 2.00 bits per heavy atom. The summed E-state index contributed by atoms with van der Waals surface area (Å²) in [5.41, 5.74) is 1.96. The quantitative estimate of drug-likeness (QED) is 0.711. The molecule has 1 aromatic carbocycles. The molecule has 0 amide bonds. The largest absolute Gasteiger partial charge is 0.262 e. The molecule has 0 aliphatic heterocycles. The summed E-state index contributed by atoms with van der Waals surface area (Å²) >= 11 is 0. The van der Waals surface area contributed by atoms with Gasteiger partial charge in [0.25, 0.3) is 0 Å². The van der Waals surface area contributed by atoms with Crippen LogP contribution in [0.4, 0.5) is 4.39 Å². The smallest absolute Gasteiger partial charge is 0.232 e. The number of aromatic nitrogens is 2. The molecule has 0 unspecified atom stereocenters. The molecule has 0 atom stereocenters. The van der Waals surface area contributed by atoms with E-state index in [1.54, 1.807) is 4.68 Å². The van der Waals surface area contributed by atoms with Gasteiger partial charge in [0.15, 0.2) is 0 Å². The standard InChI is InChI=1S/C11H11FN2/c1-9-7-11(12)13-14(9)8-10-5-3-2-4-6-10/h2-7H,8H2,1H3. The predicted molar refractivity (Wildman–Crippen MR) is 52.5 cm³/mol. The van der Waals surface area contributed by atoms with Crippen LogP contribution >= 0.6 is 0 Å². The van der Waals surface area contributed by atoms with Crippen molar-refractivity contribution < 1.29 is 4.39 Å². The highest BCUT2D eigenvalue weighted by Crippen LogP contribution is 2.06. The Hall–Kier alpha value is -1.64. The zero-order chi connectivity index (χ0) is 9.97. The van der Waals surface area contributed by atoms with E-state index in [4.69, 9.17) is 0 Å². The number of hydrogen-bond donors (Lipinski definition) is 0. The van der Waals surface area contributed by atoms with E-state index < -0.39 is 5.95 Å². The molecule has 0 saturated heterocycles. The van der Waals surface area contributed by atoms with E-state index in [0.29, 0.717) is 6.54 Å². The van der Waals surface area contributed by atoms with Crippen molar-refractivity contribution in [2.24, 2.45) is 0 Å². The lowest BCUT2D eigenvalue weighted by atomic mass is 10.2. The van der Waals surface area contributed by atoms with Crippen molar-refractivity contribution in [2.45, 2.75) is 13.5 Å².